The van der Waals surface area contributed by atoms with Gasteiger partial charge in [0, 0.05) is 32.5 Å². The molecule has 2 saturated heterocycles. The van der Waals surface area contributed by atoms with Gasteiger partial charge < -0.3 is 25.5 Å². The lowest BCUT2D eigenvalue weighted by Gasteiger charge is -2.31. The second-order valence-electron chi connectivity index (χ2n) is 10.6. The number of aliphatic hydroxyl groups excluding tert-OH is 1. The smallest absolute Gasteiger partial charge is 0.318 e. The van der Waals surface area contributed by atoms with Crippen molar-refractivity contribution in [1.29, 1.82) is 0 Å². The molecule has 3 atom stereocenters. The first-order valence-corrected chi connectivity index (χ1v) is 11.7. The minimum atomic E-state index is -0.810. The number of aliphatic hydroxyl groups is 1. The van der Waals surface area contributed by atoms with Crippen LogP contribution in [0, 0.1) is 11.3 Å². The normalized spacial score (nSPS) is 23.5. The van der Waals surface area contributed by atoms with E-state index < -0.39 is 24.2 Å². The molecule has 0 aliphatic carbocycles. The maximum Gasteiger partial charge on any atom is 0.318 e. The Labute approximate surface area is 191 Å². The van der Waals surface area contributed by atoms with E-state index in [1.807, 2.05) is 20.8 Å². The number of nitrogens with one attached hydrogen (secondary N) is 2. The molecule has 0 saturated carbocycles. The summed E-state index contributed by atoms with van der Waals surface area (Å²) in [6.45, 7) is 11.0. The average Bonchev–Trinajstić information content (AvgIpc) is 3.30. The lowest BCUT2D eigenvalue weighted by Crippen LogP contribution is -2.53. The van der Waals surface area contributed by atoms with E-state index in [-0.39, 0.29) is 42.5 Å². The van der Waals surface area contributed by atoms with E-state index in [9.17, 15) is 24.3 Å². The molecule has 1 unspecified atom stereocenters. The summed E-state index contributed by atoms with van der Waals surface area (Å²) in [6, 6.07) is -1.93. The summed E-state index contributed by atoms with van der Waals surface area (Å²) in [6.07, 6.45) is 1.83. The van der Waals surface area contributed by atoms with Gasteiger partial charge in [-0.25, -0.2) is 4.79 Å². The first kappa shape index (κ1) is 26.1. The molecule has 9 heteroatoms. The molecule has 9 nitrogen and oxygen atoms in total. The second-order valence-corrected chi connectivity index (χ2v) is 10.6. The number of rotatable bonds is 8. The van der Waals surface area contributed by atoms with Crippen molar-refractivity contribution in [3.63, 3.8) is 0 Å². The van der Waals surface area contributed by atoms with Crippen molar-refractivity contribution in [3.8, 4) is 0 Å². The van der Waals surface area contributed by atoms with Crippen LogP contribution in [0.1, 0.15) is 66.7 Å². The zero-order valence-corrected chi connectivity index (χ0v) is 20.1. The Morgan fingerprint density at radius 2 is 1.75 bits per heavy atom. The molecule has 182 valence electrons. The number of carbonyl (C=O) groups is 4. The molecule has 3 N–H and O–H groups in total. The molecule has 0 spiro atoms. The summed E-state index contributed by atoms with van der Waals surface area (Å²) >= 11 is 0. The minimum absolute atomic E-state index is 0.0276. The SMILES string of the molecule is CC(C)CCNC(=O)CNC(=O)N1C[C@@H](O)CC1C(=O)[C@@H]1CCCN1C(=O)CC(C)(C)C. The van der Waals surface area contributed by atoms with Crippen LogP contribution in [-0.2, 0) is 14.4 Å². The number of hydrogen-bond acceptors (Lipinski definition) is 5. The quantitative estimate of drug-likeness (QED) is 0.513. The number of ketones is 1. The molecule has 2 aliphatic heterocycles. The van der Waals surface area contributed by atoms with Gasteiger partial charge >= 0.3 is 6.03 Å². The van der Waals surface area contributed by atoms with Crippen LogP contribution in [0.25, 0.3) is 0 Å². The monoisotopic (exact) mass is 452 g/mol. The van der Waals surface area contributed by atoms with Gasteiger partial charge in [-0.1, -0.05) is 34.6 Å². The summed E-state index contributed by atoms with van der Waals surface area (Å²) in [4.78, 5) is 53.7. The highest BCUT2D eigenvalue weighted by atomic mass is 16.3. The van der Waals surface area contributed by atoms with Crippen molar-refractivity contribution >= 4 is 23.6 Å². The Balaban J connectivity index is 1.97. The third-order valence-corrected chi connectivity index (χ3v) is 5.90. The Morgan fingerprint density at radius 1 is 1.06 bits per heavy atom. The molecule has 2 aliphatic rings. The molecule has 0 radical (unpaired) electrons. The Hall–Kier alpha value is -2.16. The predicted molar refractivity (Wildman–Crippen MR) is 121 cm³/mol. The van der Waals surface area contributed by atoms with E-state index in [0.29, 0.717) is 31.8 Å². The number of amides is 4. The third-order valence-electron chi connectivity index (χ3n) is 5.90. The summed E-state index contributed by atoms with van der Waals surface area (Å²) < 4.78 is 0. The largest absolute Gasteiger partial charge is 0.391 e. The third kappa shape index (κ3) is 7.46. The molecule has 0 aromatic rings. The molecule has 0 aromatic heterocycles. The molecule has 32 heavy (non-hydrogen) atoms. The van der Waals surface area contributed by atoms with Crippen LogP contribution in [-0.4, -0.2) is 82.9 Å². The topological polar surface area (TPSA) is 119 Å². The Bertz CT molecular complexity index is 703. The number of likely N-dealkylation sites (tertiary alicyclic amines) is 2. The van der Waals surface area contributed by atoms with Crippen LogP contribution >= 0.6 is 0 Å². The van der Waals surface area contributed by atoms with Gasteiger partial charge in [-0.05, 0) is 30.6 Å². The van der Waals surface area contributed by atoms with Crippen LogP contribution in [0.5, 0.6) is 0 Å². The van der Waals surface area contributed by atoms with E-state index >= 15 is 0 Å². The maximum absolute atomic E-state index is 13.3. The van der Waals surface area contributed by atoms with Crippen molar-refractivity contribution in [3.05, 3.63) is 0 Å². The van der Waals surface area contributed by atoms with Crippen LogP contribution in [0.4, 0.5) is 4.79 Å². The summed E-state index contributed by atoms with van der Waals surface area (Å²) in [7, 11) is 0. The Morgan fingerprint density at radius 3 is 2.38 bits per heavy atom. The van der Waals surface area contributed by atoms with E-state index in [0.717, 1.165) is 12.8 Å². The van der Waals surface area contributed by atoms with Gasteiger partial charge in [-0.3, -0.25) is 14.4 Å². The van der Waals surface area contributed by atoms with E-state index in [1.54, 1.807) is 4.90 Å². The average molecular weight is 453 g/mol. The van der Waals surface area contributed by atoms with Crippen LogP contribution < -0.4 is 10.6 Å². The van der Waals surface area contributed by atoms with Gasteiger partial charge in [0.1, 0.15) is 0 Å². The number of Topliss-reactive ketones (excluding diaryl/α,β-unsaturated/α-hetero) is 1. The van der Waals surface area contributed by atoms with E-state index in [4.69, 9.17) is 0 Å². The van der Waals surface area contributed by atoms with Crippen LogP contribution in [0.3, 0.4) is 0 Å². The zero-order chi connectivity index (χ0) is 24.1. The zero-order valence-electron chi connectivity index (χ0n) is 20.1. The fourth-order valence-corrected chi connectivity index (χ4v) is 4.27. The van der Waals surface area contributed by atoms with Gasteiger partial charge in [0.15, 0.2) is 5.78 Å². The lowest BCUT2D eigenvalue weighted by molar-refractivity contribution is -0.140. The first-order valence-electron chi connectivity index (χ1n) is 11.7. The number of carbonyl (C=O) groups excluding carboxylic acids is 4. The summed E-state index contributed by atoms with van der Waals surface area (Å²) in [5, 5.41) is 15.5. The highest BCUT2D eigenvalue weighted by Crippen LogP contribution is 2.29. The van der Waals surface area contributed by atoms with Gasteiger partial charge in [-0.2, -0.15) is 0 Å². The highest BCUT2D eigenvalue weighted by Gasteiger charge is 2.45. The fraction of sp³-hybridized carbons (Fsp3) is 0.826. The summed E-state index contributed by atoms with van der Waals surface area (Å²) in [5.41, 5.74) is -0.182. The van der Waals surface area contributed by atoms with Crippen molar-refractivity contribution in [2.45, 2.75) is 84.9 Å². The van der Waals surface area contributed by atoms with Crippen molar-refractivity contribution in [2.75, 3.05) is 26.2 Å². The molecule has 2 rings (SSSR count). The van der Waals surface area contributed by atoms with Gasteiger partial charge in [0.2, 0.25) is 11.8 Å². The van der Waals surface area contributed by atoms with Crippen LogP contribution in [0.2, 0.25) is 0 Å². The van der Waals surface area contributed by atoms with Gasteiger partial charge in [0.05, 0.1) is 24.7 Å². The molecule has 2 heterocycles. The van der Waals surface area contributed by atoms with Gasteiger partial charge in [-0.15, -0.1) is 0 Å². The van der Waals surface area contributed by atoms with Crippen molar-refractivity contribution in [2.24, 2.45) is 11.3 Å². The molecular weight excluding hydrogens is 412 g/mol. The number of β-amino-alcohol motifs (C(OH)–C–C–N with tert-alkyl or cyclic N) is 1. The number of urea groups is 1. The maximum atomic E-state index is 13.3. The van der Waals surface area contributed by atoms with E-state index in [1.165, 1.54) is 4.90 Å². The highest BCUT2D eigenvalue weighted by molar-refractivity contribution is 5.96. The lowest BCUT2D eigenvalue weighted by atomic mass is 9.91. The molecule has 0 bridgehead atoms. The first-order chi connectivity index (χ1) is 14.9. The standard InChI is InChI=1S/C23H40N4O5/c1-15(2)8-9-24-19(29)13-25-22(32)27-14-16(28)11-18(27)21(31)17-7-6-10-26(17)20(30)12-23(3,4)5/h15-18,28H,6-14H2,1-5H3,(H,24,29)(H,25,32)/t16-,17-,18?/m0/s1. The summed E-state index contributed by atoms with van der Waals surface area (Å²) in [5.74, 6) is -0.0941. The molecule has 0 aromatic carbocycles. The molecular formula is C23H40N4O5. The van der Waals surface area contributed by atoms with Crippen LogP contribution in [0.15, 0.2) is 0 Å². The predicted octanol–water partition coefficient (Wildman–Crippen LogP) is 1.29. The molecule has 4 amide bonds. The fourth-order valence-electron chi connectivity index (χ4n) is 4.27. The molecule has 2 fully saturated rings. The second kappa shape index (κ2) is 11.1. The number of hydrogen-bond donors (Lipinski definition) is 3. The van der Waals surface area contributed by atoms with Crippen molar-refractivity contribution in [1.82, 2.24) is 20.4 Å². The number of nitrogens with zero attached hydrogens (tertiary/aromatic N) is 2. The van der Waals surface area contributed by atoms with E-state index in [2.05, 4.69) is 24.5 Å². The van der Waals surface area contributed by atoms with Gasteiger partial charge in [0.25, 0.3) is 0 Å². The van der Waals surface area contributed by atoms with Crippen molar-refractivity contribution < 1.29 is 24.3 Å². The Kier molecular flexibility index (Phi) is 9.07. The minimum Gasteiger partial charge on any atom is -0.391 e.